The van der Waals surface area contributed by atoms with Crippen molar-refractivity contribution in [2.75, 3.05) is 0 Å². The number of halogens is 22. The van der Waals surface area contributed by atoms with E-state index in [-0.39, 0.29) is 51.4 Å². The Morgan fingerprint density at radius 3 is 0.947 bits per heavy atom. The summed E-state index contributed by atoms with van der Waals surface area (Å²) in [6.07, 6.45) is -23.4. The van der Waals surface area contributed by atoms with Gasteiger partial charge in [-0.1, -0.05) is 0 Å². The molecule has 0 aromatic rings. The van der Waals surface area contributed by atoms with Crippen LogP contribution in [0.5, 0.6) is 0 Å². The molecular weight excluding hydrogens is 690 g/mol. The summed E-state index contributed by atoms with van der Waals surface area (Å²) in [5.74, 6) is -52.3. The molecule has 0 saturated carbocycles. The Labute approximate surface area is 242 Å². The molecule has 0 aliphatic rings. The topological polar surface area (TPSA) is 69.6 Å². The van der Waals surface area contributed by atoms with E-state index in [0.717, 1.165) is 4.74 Å². The molecule has 0 saturated heterocycles. The summed E-state index contributed by atoms with van der Waals surface area (Å²) >= 11 is 0.389. The molecule has 0 fully saturated rings. The van der Waals surface area contributed by atoms with Gasteiger partial charge in [-0.25, -0.2) is 8.95 Å². The molecule has 1 N–H and O–H groups in total. The predicted octanol–water partition coefficient (Wildman–Crippen LogP) is 3.74. The molecule has 28 heteroatoms. The predicted molar refractivity (Wildman–Crippen MR) is 69.1 cm³/mol. The fourth-order valence-corrected chi connectivity index (χ4v) is 1.55. The molecule has 0 bridgehead atoms. The fraction of sp³-hybridized carbons (Fsp3) is 1.00. The summed E-state index contributed by atoms with van der Waals surface area (Å²) in [6, 6.07) is 0. The summed E-state index contributed by atoms with van der Waals surface area (Å²) in [7, 11) is 0. The van der Waals surface area contributed by atoms with E-state index in [1.165, 1.54) is 0 Å². The second kappa shape index (κ2) is 12.0. The smallest absolute Gasteiger partial charge is 0.750 e. The van der Waals surface area contributed by atoms with Crippen LogP contribution >= 0.6 is 11.6 Å². The minimum Gasteiger partial charge on any atom is -0.750 e. The second-order valence-electron chi connectivity index (χ2n) is 5.79. The Kier molecular flexibility index (Phi) is 13.6. The molecule has 0 amide bonds. The maximum atomic E-state index is 13.2. The first-order valence-electron chi connectivity index (χ1n) is 7.08. The van der Waals surface area contributed by atoms with Crippen LogP contribution in [0.4, 0.5) is 92.2 Å². The van der Waals surface area contributed by atoms with Crippen LogP contribution in [0.2, 0.25) is 0 Å². The zero-order valence-corrected chi connectivity index (χ0v) is 21.1. The summed E-state index contributed by atoms with van der Waals surface area (Å²) in [4.78, 5) is 0. The van der Waals surface area contributed by atoms with Gasteiger partial charge in [-0.05, 0) is 11.6 Å². The van der Waals surface area contributed by atoms with Gasteiger partial charge >= 0.3 is 111 Å². The van der Waals surface area contributed by atoms with Crippen LogP contribution in [0.3, 0.4) is 0 Å². The summed E-state index contributed by atoms with van der Waals surface area (Å²) in [5, 5.41) is -7.03. The van der Waals surface area contributed by atoms with Crippen molar-refractivity contribution in [3.63, 3.8) is 0 Å². The molecule has 226 valence electrons. The van der Waals surface area contributed by atoms with E-state index in [4.69, 9.17) is 13.3 Å². The zero-order chi connectivity index (χ0) is 31.3. The Balaban J connectivity index is -0.00000227. The van der Waals surface area contributed by atoms with Gasteiger partial charge in [-0.2, -0.15) is 92.2 Å². The van der Waals surface area contributed by atoms with Crippen LogP contribution in [-0.4, -0.2) is 72.6 Å². The number of alkyl halides is 22. The van der Waals surface area contributed by atoms with Crippen LogP contribution in [-0.2, 0) is 16.1 Å². The van der Waals surface area contributed by atoms with Gasteiger partial charge in [0.2, 0.25) is 0 Å². The molecule has 0 radical (unpaired) electrons. The van der Waals surface area contributed by atoms with E-state index in [0.29, 0.717) is 0 Å². The van der Waals surface area contributed by atoms with Crippen molar-refractivity contribution in [1.82, 2.24) is 0 Å². The fourth-order valence-electron chi connectivity index (χ4n) is 1.43. The first kappa shape index (κ1) is 42.9. The molecule has 0 aliphatic carbocycles. The minimum absolute atomic E-state index is 0. The van der Waals surface area contributed by atoms with Gasteiger partial charge in [-0.3, -0.25) is 0 Å². The van der Waals surface area contributed by atoms with Crippen molar-refractivity contribution in [1.29, 1.82) is 0 Å². The first-order valence-corrected chi connectivity index (χ1v) is 8.49. The second-order valence-corrected chi connectivity index (χ2v) is 6.70. The molecule has 0 spiro atoms. The van der Waals surface area contributed by atoms with Crippen molar-refractivity contribution in [2.45, 2.75) is 59.3 Å². The maximum Gasteiger partial charge on any atom is 1.00 e. The molecule has 0 aromatic carbocycles. The molecule has 0 aliphatic heterocycles. The largest absolute Gasteiger partial charge is 1.00 e. The van der Waals surface area contributed by atoms with E-state index >= 15 is 0 Å². The number of rotatable bonds is 9. The van der Waals surface area contributed by atoms with Crippen LogP contribution < -0.4 is 51.4 Å². The molecule has 0 heterocycles. The summed E-state index contributed by atoms with van der Waals surface area (Å²) < 4.78 is 292. The third kappa shape index (κ3) is 7.46. The number of hydrogen-bond acceptors (Lipinski definition) is 3. The zero-order valence-electron chi connectivity index (χ0n) is 16.4. The van der Waals surface area contributed by atoms with Gasteiger partial charge in [0.1, 0.15) is 0 Å². The Morgan fingerprint density at radius 1 is 0.526 bits per heavy atom. The van der Waals surface area contributed by atoms with E-state index < -0.39 is 70.7 Å². The Morgan fingerprint density at radius 2 is 0.737 bits per heavy atom. The summed E-state index contributed by atoms with van der Waals surface area (Å²) in [5.41, 5.74) is 0. The van der Waals surface area contributed by atoms with E-state index in [9.17, 15) is 92.2 Å². The molecular formula is C10HClF21KO4S. The van der Waals surface area contributed by atoms with Gasteiger partial charge in [0.15, 0.2) is 0 Å². The first-order chi connectivity index (χ1) is 15.4. The van der Waals surface area contributed by atoms with E-state index in [2.05, 4.69) is 11.6 Å². The Bertz CT molecular complexity index is 820. The van der Waals surface area contributed by atoms with Crippen molar-refractivity contribution in [3.8, 4) is 0 Å². The van der Waals surface area contributed by atoms with Crippen LogP contribution in [0.1, 0.15) is 0 Å². The molecule has 0 rings (SSSR count). The third-order valence-corrected chi connectivity index (χ3v) is 3.52. The average Bonchev–Trinajstić information content (AvgIpc) is 2.57. The SMILES string of the molecule is FC(F)(F)C(F)(F)OC(F)(F)C(F)(F)C(F)(F)C(F)(F)C(F)(F)C(F)(F)C(F)(F)C(F)(F)Cl.O=S([O-])O.[K+]. The van der Waals surface area contributed by atoms with Crippen LogP contribution in [0, 0.1) is 0 Å². The van der Waals surface area contributed by atoms with Crippen molar-refractivity contribution >= 4 is 23.0 Å². The molecule has 0 aromatic heterocycles. The van der Waals surface area contributed by atoms with Crippen molar-refractivity contribution < 1.29 is 162 Å². The molecule has 1 unspecified atom stereocenters. The Hall–Kier alpha value is 0.486. The van der Waals surface area contributed by atoms with Gasteiger partial charge < -0.3 is 9.11 Å². The van der Waals surface area contributed by atoms with Gasteiger partial charge in [0.05, 0.1) is 11.4 Å². The van der Waals surface area contributed by atoms with Gasteiger partial charge in [-0.15, -0.1) is 0 Å². The average molecular weight is 691 g/mol. The van der Waals surface area contributed by atoms with E-state index in [1.54, 1.807) is 0 Å². The standard InChI is InChI=1S/C10ClF21O.K.H2O3S/c11-7(24,25)5(20,21)3(16,17)1(12,13)2(14,15)4(18,19)6(22,23)9(29,30)33-10(31,32)8(26,27)28;;1-4(2)3/h;;(H2,1,2,3)/q;+1;/p-1. The monoisotopic (exact) mass is 690 g/mol. The van der Waals surface area contributed by atoms with Gasteiger partial charge in [0, 0.05) is 0 Å². The third-order valence-electron chi connectivity index (χ3n) is 3.28. The molecule has 1 atom stereocenters. The number of hydrogen-bond donors (Lipinski definition) is 1. The number of ether oxygens (including phenoxy) is 1. The quantitative estimate of drug-likeness (QED) is 0.174. The normalized spacial score (nSPS) is 16.3. The minimum atomic E-state index is -9.03. The molecule has 4 nitrogen and oxygen atoms in total. The molecule has 38 heavy (non-hydrogen) atoms. The van der Waals surface area contributed by atoms with Gasteiger partial charge in [0.25, 0.3) is 0 Å². The van der Waals surface area contributed by atoms with E-state index in [1.807, 2.05) is 0 Å². The summed E-state index contributed by atoms with van der Waals surface area (Å²) in [6.45, 7) is 0. The van der Waals surface area contributed by atoms with Crippen LogP contribution in [0.15, 0.2) is 0 Å². The maximum absolute atomic E-state index is 13.2. The van der Waals surface area contributed by atoms with Crippen molar-refractivity contribution in [2.24, 2.45) is 0 Å². The van der Waals surface area contributed by atoms with Crippen molar-refractivity contribution in [3.05, 3.63) is 0 Å². The van der Waals surface area contributed by atoms with Crippen LogP contribution in [0.25, 0.3) is 0 Å².